The lowest BCUT2D eigenvalue weighted by atomic mass is 10.1. The van der Waals surface area contributed by atoms with E-state index < -0.39 is 6.10 Å². The average Bonchev–Trinajstić information content (AvgIpc) is 2.63. The molecule has 2 rings (SSSR count). The number of halogens is 1. The van der Waals surface area contributed by atoms with Crippen molar-refractivity contribution in [2.24, 2.45) is 0 Å². The number of methoxy groups -OCH3 is 2. The molecule has 2 aromatic rings. The number of hydrogen-bond acceptors (Lipinski definition) is 4. The molecule has 1 unspecified atom stereocenters. The maximum absolute atomic E-state index is 13.1. The van der Waals surface area contributed by atoms with Crippen LogP contribution in [-0.2, 0) is 11.2 Å². The lowest BCUT2D eigenvalue weighted by Gasteiger charge is -2.16. The molecule has 0 fully saturated rings. The van der Waals surface area contributed by atoms with Crippen LogP contribution < -0.4 is 14.8 Å². The highest BCUT2D eigenvalue weighted by molar-refractivity contribution is 5.76. The van der Waals surface area contributed by atoms with Gasteiger partial charge >= 0.3 is 0 Å². The summed E-state index contributed by atoms with van der Waals surface area (Å²) in [5.74, 6) is 0.568. The zero-order valence-electron chi connectivity index (χ0n) is 14.3. The van der Waals surface area contributed by atoms with E-state index in [9.17, 15) is 14.3 Å². The number of nitrogens with one attached hydrogen (secondary N) is 1. The second-order valence-electron chi connectivity index (χ2n) is 5.56. The van der Waals surface area contributed by atoms with Gasteiger partial charge in [-0.05, 0) is 42.3 Å². The molecule has 25 heavy (non-hydrogen) atoms. The summed E-state index contributed by atoms with van der Waals surface area (Å²) in [7, 11) is 3.04. The summed E-state index contributed by atoms with van der Waals surface area (Å²) in [6, 6.07) is 11.2. The minimum Gasteiger partial charge on any atom is -0.497 e. The molecule has 5 nitrogen and oxygen atoms in total. The lowest BCUT2D eigenvalue weighted by Crippen LogP contribution is -2.28. The number of amides is 1. The minimum absolute atomic E-state index is 0.0471. The first-order valence-electron chi connectivity index (χ1n) is 7.94. The predicted octanol–water partition coefficient (Wildman–Crippen LogP) is 2.63. The molecule has 6 heteroatoms. The predicted molar refractivity (Wildman–Crippen MR) is 92.2 cm³/mol. The van der Waals surface area contributed by atoms with Crippen LogP contribution in [0.15, 0.2) is 42.5 Å². The molecule has 0 aliphatic rings. The van der Waals surface area contributed by atoms with Crippen LogP contribution in [0.1, 0.15) is 23.7 Å². The number of rotatable bonds is 8. The van der Waals surface area contributed by atoms with Crippen molar-refractivity contribution in [2.75, 3.05) is 20.8 Å². The normalized spacial score (nSPS) is 11.7. The number of carbonyl (C=O) groups excluding carboxylic acids is 1. The Morgan fingerprint density at radius 2 is 2.00 bits per heavy atom. The summed E-state index contributed by atoms with van der Waals surface area (Å²) in [6.45, 7) is 0.0471. The molecular weight excluding hydrogens is 325 g/mol. The first kappa shape index (κ1) is 18.7. The van der Waals surface area contributed by atoms with Crippen molar-refractivity contribution in [3.63, 3.8) is 0 Å². The molecule has 1 atom stereocenters. The van der Waals surface area contributed by atoms with Crippen molar-refractivity contribution in [3.8, 4) is 11.5 Å². The van der Waals surface area contributed by atoms with E-state index in [1.807, 2.05) is 0 Å². The van der Waals surface area contributed by atoms with Crippen LogP contribution in [-0.4, -0.2) is 31.8 Å². The van der Waals surface area contributed by atoms with Gasteiger partial charge in [-0.25, -0.2) is 4.39 Å². The summed E-state index contributed by atoms with van der Waals surface area (Å²) in [6.07, 6.45) is -0.281. The zero-order valence-corrected chi connectivity index (χ0v) is 14.3. The Bertz CT molecular complexity index is 720. The highest BCUT2D eigenvalue weighted by atomic mass is 19.1. The van der Waals surface area contributed by atoms with E-state index in [-0.39, 0.29) is 24.7 Å². The topological polar surface area (TPSA) is 67.8 Å². The van der Waals surface area contributed by atoms with Crippen molar-refractivity contribution in [1.29, 1.82) is 0 Å². The van der Waals surface area contributed by atoms with Gasteiger partial charge in [-0.3, -0.25) is 4.79 Å². The first-order valence-corrected chi connectivity index (χ1v) is 7.94. The molecule has 1 amide bonds. The molecule has 0 aliphatic heterocycles. The smallest absolute Gasteiger partial charge is 0.220 e. The van der Waals surface area contributed by atoms with Gasteiger partial charge in [0.15, 0.2) is 0 Å². The molecule has 0 spiro atoms. The standard InChI is InChI=1S/C19H22FNO4/c1-24-15-7-8-18(25-2)16(11-15)17(22)12-21-19(23)9-6-13-4-3-5-14(20)10-13/h3-5,7-8,10-11,17,22H,6,9,12H2,1-2H3,(H,21,23). The average molecular weight is 347 g/mol. The van der Waals surface area contributed by atoms with Crippen LogP contribution in [0.25, 0.3) is 0 Å². The van der Waals surface area contributed by atoms with Crippen LogP contribution in [0, 0.1) is 5.82 Å². The van der Waals surface area contributed by atoms with Crippen molar-refractivity contribution < 1.29 is 23.8 Å². The maximum atomic E-state index is 13.1. The summed E-state index contributed by atoms with van der Waals surface area (Å²) < 4.78 is 23.5. The van der Waals surface area contributed by atoms with E-state index in [0.29, 0.717) is 23.5 Å². The Morgan fingerprint density at radius 3 is 2.68 bits per heavy atom. The van der Waals surface area contributed by atoms with Crippen molar-refractivity contribution in [3.05, 3.63) is 59.4 Å². The van der Waals surface area contributed by atoms with Crippen molar-refractivity contribution in [2.45, 2.75) is 18.9 Å². The third-order valence-electron chi connectivity index (χ3n) is 3.82. The fraction of sp³-hybridized carbons (Fsp3) is 0.316. The van der Waals surface area contributed by atoms with Gasteiger partial charge in [0.2, 0.25) is 5.91 Å². The molecule has 0 saturated carbocycles. The molecule has 0 aromatic heterocycles. The second-order valence-corrected chi connectivity index (χ2v) is 5.56. The van der Waals surface area contributed by atoms with Crippen LogP contribution in [0.3, 0.4) is 0 Å². The Morgan fingerprint density at radius 1 is 1.20 bits per heavy atom. The number of carbonyl (C=O) groups is 1. The fourth-order valence-corrected chi connectivity index (χ4v) is 2.46. The quantitative estimate of drug-likeness (QED) is 0.770. The van der Waals surface area contributed by atoms with Crippen molar-refractivity contribution in [1.82, 2.24) is 5.32 Å². The van der Waals surface area contributed by atoms with Crippen LogP contribution >= 0.6 is 0 Å². The van der Waals surface area contributed by atoms with Gasteiger partial charge in [-0.1, -0.05) is 12.1 Å². The lowest BCUT2D eigenvalue weighted by molar-refractivity contribution is -0.121. The van der Waals surface area contributed by atoms with E-state index >= 15 is 0 Å². The van der Waals surface area contributed by atoms with E-state index in [1.165, 1.54) is 26.4 Å². The summed E-state index contributed by atoms with van der Waals surface area (Å²) in [4.78, 5) is 11.9. The van der Waals surface area contributed by atoms with Gasteiger partial charge in [-0.2, -0.15) is 0 Å². The van der Waals surface area contributed by atoms with Crippen LogP contribution in [0.5, 0.6) is 11.5 Å². The summed E-state index contributed by atoms with van der Waals surface area (Å²) in [5.41, 5.74) is 1.29. The SMILES string of the molecule is COc1ccc(OC)c(C(O)CNC(=O)CCc2cccc(F)c2)c1. The Balaban J connectivity index is 1.88. The number of ether oxygens (including phenoxy) is 2. The van der Waals surface area contributed by atoms with Gasteiger partial charge in [0, 0.05) is 18.5 Å². The number of aliphatic hydroxyl groups excluding tert-OH is 1. The molecule has 0 saturated heterocycles. The Hall–Kier alpha value is -2.60. The van der Waals surface area contributed by atoms with E-state index in [1.54, 1.807) is 30.3 Å². The van der Waals surface area contributed by atoms with E-state index in [0.717, 1.165) is 5.56 Å². The monoisotopic (exact) mass is 347 g/mol. The van der Waals surface area contributed by atoms with Crippen LogP contribution in [0.2, 0.25) is 0 Å². The van der Waals surface area contributed by atoms with E-state index in [2.05, 4.69) is 5.32 Å². The number of aliphatic hydroxyl groups is 1. The van der Waals surface area contributed by atoms with Crippen LogP contribution in [0.4, 0.5) is 4.39 Å². The van der Waals surface area contributed by atoms with Crippen molar-refractivity contribution >= 4 is 5.91 Å². The third kappa shape index (κ3) is 5.46. The molecule has 0 heterocycles. The van der Waals surface area contributed by atoms with Gasteiger partial charge in [0.05, 0.1) is 20.3 Å². The first-order chi connectivity index (χ1) is 12.0. The Kier molecular flexibility index (Phi) is 6.77. The fourth-order valence-electron chi connectivity index (χ4n) is 2.46. The minimum atomic E-state index is -0.928. The number of hydrogen-bond donors (Lipinski definition) is 2. The molecular formula is C19H22FNO4. The molecule has 2 N–H and O–H groups in total. The largest absolute Gasteiger partial charge is 0.497 e. The summed E-state index contributed by atoms with van der Waals surface area (Å²) in [5, 5.41) is 13.0. The molecule has 0 radical (unpaired) electrons. The van der Waals surface area contributed by atoms with E-state index in [4.69, 9.17) is 9.47 Å². The zero-order chi connectivity index (χ0) is 18.2. The number of benzene rings is 2. The summed E-state index contributed by atoms with van der Waals surface area (Å²) >= 11 is 0. The number of aryl methyl sites for hydroxylation is 1. The molecule has 0 bridgehead atoms. The molecule has 0 aliphatic carbocycles. The Labute approximate surface area is 146 Å². The van der Waals surface area contributed by atoms with Gasteiger partial charge in [0.1, 0.15) is 17.3 Å². The third-order valence-corrected chi connectivity index (χ3v) is 3.82. The highest BCUT2D eigenvalue weighted by Crippen LogP contribution is 2.29. The maximum Gasteiger partial charge on any atom is 0.220 e. The van der Waals surface area contributed by atoms with Gasteiger partial charge in [0.25, 0.3) is 0 Å². The molecule has 134 valence electrons. The van der Waals surface area contributed by atoms with Gasteiger partial charge in [-0.15, -0.1) is 0 Å². The molecule has 2 aromatic carbocycles. The highest BCUT2D eigenvalue weighted by Gasteiger charge is 2.15. The van der Waals surface area contributed by atoms with Gasteiger partial charge < -0.3 is 19.9 Å². The second kappa shape index (κ2) is 9.03.